The van der Waals surface area contributed by atoms with Gasteiger partial charge in [0.2, 0.25) is 0 Å². The van der Waals surface area contributed by atoms with Crippen molar-refractivity contribution < 1.29 is 0 Å². The molecule has 0 amide bonds. The number of rotatable bonds is 0. The molecule has 4 nitrogen and oxygen atoms in total. The van der Waals surface area contributed by atoms with Crippen molar-refractivity contribution in [1.82, 2.24) is 4.57 Å². The third-order valence-corrected chi connectivity index (χ3v) is 18.6. The van der Waals surface area contributed by atoms with Gasteiger partial charge in [-0.1, -0.05) is 501 Å². The Morgan fingerprint density at radius 2 is 0.422 bits per heavy atom. The van der Waals surface area contributed by atoms with E-state index in [-0.39, 0.29) is 29.7 Å². The lowest BCUT2D eigenvalue weighted by molar-refractivity contribution is 0.958. The van der Waals surface area contributed by atoms with E-state index in [0.717, 1.165) is 51.4 Å². The average molecular weight is 1730 g/mol. The van der Waals surface area contributed by atoms with E-state index in [4.69, 9.17) is 0 Å². The number of fused-ring (bicyclic) bond motifs is 13. The minimum absolute atomic E-state index is 0. The van der Waals surface area contributed by atoms with E-state index in [0.29, 0.717) is 0 Å². The molecule has 0 unspecified atom stereocenters. The maximum Gasteiger partial charge on any atom is 0.0622 e. The molecule has 0 saturated carbocycles. The Morgan fingerprint density at radius 3 is 0.836 bits per heavy atom. The fourth-order valence-corrected chi connectivity index (χ4v) is 15.1. The predicted molar refractivity (Wildman–Crippen MR) is 591 cm³/mol. The summed E-state index contributed by atoms with van der Waals surface area (Å²) in [5.41, 5.74) is 38.1. The third-order valence-electron chi connectivity index (χ3n) is 18.6. The van der Waals surface area contributed by atoms with Crippen LogP contribution < -0.4 is 14.7 Å². The highest BCUT2D eigenvalue weighted by atomic mass is 15.2. The second-order valence-electron chi connectivity index (χ2n) is 23.3. The summed E-state index contributed by atoms with van der Waals surface area (Å²) < 4.78 is 2.38. The van der Waals surface area contributed by atoms with Crippen LogP contribution in [0.15, 0.2) is 206 Å². The van der Waals surface area contributed by atoms with Crippen molar-refractivity contribution in [2.75, 3.05) is 14.7 Å². The Labute approximate surface area is 794 Å². The standard InChI is InChI=1S/C21H13N.2C20H13N.C19H11N.20C2H6.4CH4/c1-4-13-10-15-6-2-8-17-12-18-9-3-7-16-11-14(5-1)19(13)22(20(15)17)21(16)18;2*1-3-10-18-14(6-1)12-16-8-5-9-17-13-15-7-2-4-11-19(15)21(18)20(16)17;1-3-10-17-13(6-1)12-14-7-5-9-16-15-8-2-4-11-18(15)20(17)19(14)16;20*1-2;;;;/h1-2,4-8H,10-12H2;1,3,5-11H,12-13H2;1-4,6-8,10-11H,12-13H2;2,4-11H,12H2;20*1-2H3;4*1H4. The molecule has 4 heteroatoms. The molecule has 0 aliphatic carbocycles. The van der Waals surface area contributed by atoms with Gasteiger partial charge >= 0.3 is 0 Å². The molecule has 0 N–H and O–H groups in total. The number of nitrogens with zero attached hydrogens (tertiary/aromatic N) is 4. The van der Waals surface area contributed by atoms with Crippen LogP contribution in [0.2, 0.25) is 0 Å². The fraction of sp³-hybridized carbons (Fsp3) is 0.419. The number of benzene rings is 8. The summed E-state index contributed by atoms with van der Waals surface area (Å²) in [4.78, 5) is 7.33. The van der Waals surface area contributed by atoms with E-state index in [9.17, 15) is 0 Å². The molecule has 8 aliphatic rings. The molecule has 0 bridgehead atoms. The molecular formula is C124H186N4. The van der Waals surface area contributed by atoms with Gasteiger partial charge in [0, 0.05) is 102 Å². The molecular weight excluding hydrogens is 1550 g/mol. The molecule has 128 heavy (non-hydrogen) atoms. The van der Waals surface area contributed by atoms with Crippen molar-refractivity contribution >= 4 is 73.0 Å². The van der Waals surface area contributed by atoms with Crippen molar-refractivity contribution in [3.63, 3.8) is 0 Å². The van der Waals surface area contributed by atoms with Crippen LogP contribution >= 0.6 is 0 Å². The van der Waals surface area contributed by atoms with Crippen LogP contribution in [-0.2, 0) is 51.4 Å². The zero-order chi connectivity index (χ0) is 95.0. The van der Waals surface area contributed by atoms with Gasteiger partial charge in [-0.05, 0) is 126 Å². The molecule has 1 aromatic heterocycles. The summed E-state index contributed by atoms with van der Waals surface area (Å²) >= 11 is 0. The van der Waals surface area contributed by atoms with E-state index in [2.05, 4.69) is 274 Å². The van der Waals surface area contributed by atoms with Crippen molar-refractivity contribution in [2.24, 2.45) is 0 Å². The van der Waals surface area contributed by atoms with Crippen LogP contribution in [-0.4, -0.2) is 4.57 Å². The van der Waals surface area contributed by atoms with Gasteiger partial charge in [0.15, 0.2) is 0 Å². The summed E-state index contributed by atoms with van der Waals surface area (Å²) in [5, 5.41) is 2.67. The molecule has 0 spiro atoms. The lowest BCUT2D eigenvalue weighted by atomic mass is 9.81. The quantitative estimate of drug-likeness (QED) is 0.150. The summed E-state index contributed by atoms with van der Waals surface area (Å²) in [6.07, 6.45) is 7.99. The Kier molecular flexibility index (Phi) is 78.6. The highest BCUT2D eigenvalue weighted by Crippen LogP contribution is 2.56. The van der Waals surface area contributed by atoms with E-state index >= 15 is 0 Å². The largest absolute Gasteiger partial charge is 0.309 e. The second-order valence-corrected chi connectivity index (χ2v) is 23.3. The average Bonchev–Trinajstić information content (AvgIpc) is 0.799. The molecule has 0 saturated heterocycles. The zero-order valence-corrected chi connectivity index (χ0v) is 86.1. The van der Waals surface area contributed by atoms with Crippen LogP contribution in [0.25, 0.3) is 27.5 Å². The number of hydrogen-bond donors (Lipinski definition) is 0. The second kappa shape index (κ2) is 77.3. The zero-order valence-electron chi connectivity index (χ0n) is 86.1. The smallest absolute Gasteiger partial charge is 0.0622 e. The molecule has 9 heterocycles. The van der Waals surface area contributed by atoms with Gasteiger partial charge in [-0.15, -0.1) is 0 Å². The highest BCUT2D eigenvalue weighted by Gasteiger charge is 2.38. The number of para-hydroxylation sites is 8. The van der Waals surface area contributed by atoms with E-state index < -0.39 is 0 Å². The number of aromatic nitrogens is 1. The minimum Gasteiger partial charge on any atom is -0.309 e. The summed E-state index contributed by atoms with van der Waals surface area (Å²) in [6.45, 7) is 80.0. The summed E-state index contributed by atoms with van der Waals surface area (Å²) in [7, 11) is 0. The lowest BCUT2D eigenvalue weighted by Crippen LogP contribution is -2.29. The maximum absolute atomic E-state index is 3.37. The van der Waals surface area contributed by atoms with Crippen LogP contribution in [0.5, 0.6) is 0 Å². The van der Waals surface area contributed by atoms with Gasteiger partial charge in [0.25, 0.3) is 0 Å². The molecule has 13 aromatic rings. The van der Waals surface area contributed by atoms with Gasteiger partial charge in [-0.3, -0.25) is 0 Å². The number of hydrogen-bond acceptors (Lipinski definition) is 3. The SMILES string of the molecule is C.C.C.C.CC.CC.CC.CC.CC.CC.CC.CC.CC.CC.CC.CC.CC.CC.CC.CC.CC.CC.CC.CC.c1cc2c(cc#1)-n1c3ccccc3c3cccc(c31)C2.c1cc2c(cc#1)N1c3ccccc3Cc3cccc(c31)C2.c1cc2c3c(c#1)Cc1cccc4c1N3c1c(cccc1C4)C2.c1cc2c3c(c#1)Cc1ccccc1N3c1ccccc1C2. The third kappa shape index (κ3) is 30.1. The van der Waals surface area contributed by atoms with Gasteiger partial charge in [-0.25, -0.2) is 0 Å². The van der Waals surface area contributed by atoms with Gasteiger partial charge in [-0.2, -0.15) is 0 Å². The maximum atomic E-state index is 3.37. The van der Waals surface area contributed by atoms with Crippen molar-refractivity contribution in [3.8, 4) is 5.69 Å². The first-order valence-electron chi connectivity index (χ1n) is 49.3. The van der Waals surface area contributed by atoms with Crippen molar-refractivity contribution in [3.05, 3.63) is 344 Å². The minimum atomic E-state index is 0. The summed E-state index contributed by atoms with van der Waals surface area (Å²) in [6, 6.07) is 99.6. The molecule has 0 radical (unpaired) electrons. The number of anilines is 9. The summed E-state index contributed by atoms with van der Waals surface area (Å²) in [5.74, 6) is 0. The normalized spacial score (nSPS) is 10.0. The Balaban J connectivity index is -0.000000267. The van der Waals surface area contributed by atoms with E-state index in [1.165, 1.54) is 168 Å². The fourth-order valence-electron chi connectivity index (χ4n) is 15.1. The predicted octanol–water partition coefficient (Wildman–Crippen LogP) is 41.0. The Hall–Kier alpha value is -10.9. The molecule has 21 rings (SSSR count). The van der Waals surface area contributed by atoms with Gasteiger partial charge < -0.3 is 19.3 Å². The highest BCUT2D eigenvalue weighted by molar-refractivity contribution is 6.11. The van der Waals surface area contributed by atoms with E-state index in [1.54, 1.807) is 0 Å². The van der Waals surface area contributed by atoms with Crippen molar-refractivity contribution in [1.29, 1.82) is 0 Å². The molecule has 12 aromatic carbocycles. The first kappa shape index (κ1) is 130. The first-order valence-corrected chi connectivity index (χ1v) is 49.3. The first-order chi connectivity index (χ1) is 61.7. The molecule has 0 atom stereocenters. The van der Waals surface area contributed by atoms with Gasteiger partial charge in [0.05, 0.1) is 50.8 Å². The monoisotopic (exact) mass is 1730 g/mol. The van der Waals surface area contributed by atoms with E-state index in [1.807, 2.05) is 277 Å². The Bertz CT molecular complexity index is 4430. The van der Waals surface area contributed by atoms with Crippen molar-refractivity contribution in [2.45, 2.75) is 358 Å². The van der Waals surface area contributed by atoms with Crippen LogP contribution in [0.3, 0.4) is 0 Å². The molecule has 702 valence electrons. The molecule has 8 aliphatic heterocycles. The van der Waals surface area contributed by atoms with Crippen LogP contribution in [0.1, 0.15) is 396 Å². The molecule has 0 fully saturated rings. The van der Waals surface area contributed by atoms with Crippen LogP contribution in [0, 0.1) is 48.5 Å². The van der Waals surface area contributed by atoms with Gasteiger partial charge in [0.1, 0.15) is 0 Å². The Morgan fingerprint density at radius 1 is 0.180 bits per heavy atom. The lowest BCUT2D eigenvalue weighted by Gasteiger charge is -2.43. The topological polar surface area (TPSA) is 14.7 Å². The van der Waals surface area contributed by atoms with Crippen LogP contribution in [0.4, 0.5) is 51.2 Å².